The lowest BCUT2D eigenvalue weighted by atomic mass is 9.87. The highest BCUT2D eigenvalue weighted by atomic mass is 16.2. The Kier molecular flexibility index (Phi) is 4.70. The van der Waals surface area contributed by atoms with Crippen LogP contribution in [0.4, 0.5) is 5.69 Å². The zero-order chi connectivity index (χ0) is 16.3. The third-order valence-corrected chi connectivity index (χ3v) is 3.63. The molecule has 1 amide bonds. The fourth-order valence-corrected chi connectivity index (χ4v) is 2.51. The van der Waals surface area contributed by atoms with Crippen molar-refractivity contribution in [3.05, 3.63) is 65.2 Å². The smallest absolute Gasteiger partial charge is 0.258 e. The molecule has 2 nitrogen and oxygen atoms in total. The maximum Gasteiger partial charge on any atom is 0.258 e. The molecule has 116 valence electrons. The van der Waals surface area contributed by atoms with E-state index >= 15 is 0 Å². The van der Waals surface area contributed by atoms with Crippen molar-refractivity contribution in [1.82, 2.24) is 0 Å². The number of benzene rings is 2. The van der Waals surface area contributed by atoms with Gasteiger partial charge < -0.3 is 4.90 Å². The first-order chi connectivity index (χ1) is 10.3. The van der Waals surface area contributed by atoms with E-state index in [9.17, 15) is 4.79 Å². The van der Waals surface area contributed by atoms with Gasteiger partial charge in [-0.15, -0.1) is 0 Å². The summed E-state index contributed by atoms with van der Waals surface area (Å²) in [5.41, 5.74) is 4.26. The zero-order valence-corrected chi connectivity index (χ0v) is 14.2. The Bertz CT molecular complexity index is 650. The highest BCUT2D eigenvalue weighted by molar-refractivity contribution is 6.05. The molecule has 0 fully saturated rings. The van der Waals surface area contributed by atoms with E-state index in [0.29, 0.717) is 0 Å². The van der Waals surface area contributed by atoms with Gasteiger partial charge in [0.05, 0.1) is 0 Å². The summed E-state index contributed by atoms with van der Waals surface area (Å²) in [6, 6.07) is 16.0. The normalized spacial score (nSPS) is 11.3. The SMILES string of the molecule is Cc1ccc(N(C)C(=O)c2cccc(CC(C)(C)C)c2)cc1. The van der Waals surface area contributed by atoms with Gasteiger partial charge in [-0.1, -0.05) is 50.6 Å². The van der Waals surface area contributed by atoms with Crippen molar-refractivity contribution in [2.24, 2.45) is 5.41 Å². The second-order valence-electron chi connectivity index (χ2n) is 7.14. The Hall–Kier alpha value is -2.09. The first-order valence-corrected chi connectivity index (χ1v) is 7.70. The van der Waals surface area contributed by atoms with Gasteiger partial charge >= 0.3 is 0 Å². The van der Waals surface area contributed by atoms with Gasteiger partial charge in [0.15, 0.2) is 0 Å². The number of amides is 1. The van der Waals surface area contributed by atoms with Crippen LogP contribution in [0.1, 0.15) is 42.3 Å². The molecule has 0 aliphatic heterocycles. The van der Waals surface area contributed by atoms with Crippen molar-refractivity contribution in [2.75, 3.05) is 11.9 Å². The average molecular weight is 295 g/mol. The minimum absolute atomic E-state index is 0.0274. The van der Waals surface area contributed by atoms with Gasteiger partial charge in [-0.05, 0) is 48.6 Å². The Balaban J connectivity index is 2.22. The molecule has 0 radical (unpaired) electrons. The van der Waals surface area contributed by atoms with E-state index in [2.05, 4.69) is 26.8 Å². The Morgan fingerprint density at radius 3 is 2.27 bits per heavy atom. The predicted molar refractivity (Wildman–Crippen MR) is 93.5 cm³/mol. The predicted octanol–water partition coefficient (Wildman–Crippen LogP) is 4.86. The molecule has 2 aromatic carbocycles. The number of hydrogen-bond acceptors (Lipinski definition) is 1. The maximum absolute atomic E-state index is 12.7. The monoisotopic (exact) mass is 295 g/mol. The third-order valence-electron chi connectivity index (χ3n) is 3.63. The third kappa shape index (κ3) is 4.20. The summed E-state index contributed by atoms with van der Waals surface area (Å²) in [7, 11) is 1.82. The number of nitrogens with zero attached hydrogens (tertiary/aromatic N) is 1. The Morgan fingerprint density at radius 2 is 1.68 bits per heavy atom. The van der Waals surface area contributed by atoms with Crippen LogP contribution in [0.15, 0.2) is 48.5 Å². The van der Waals surface area contributed by atoms with Crippen molar-refractivity contribution >= 4 is 11.6 Å². The zero-order valence-electron chi connectivity index (χ0n) is 14.2. The van der Waals surface area contributed by atoms with Crippen molar-refractivity contribution in [3.8, 4) is 0 Å². The van der Waals surface area contributed by atoms with Crippen LogP contribution in [0.25, 0.3) is 0 Å². The average Bonchev–Trinajstić information content (AvgIpc) is 2.45. The van der Waals surface area contributed by atoms with Crippen LogP contribution in [0.3, 0.4) is 0 Å². The van der Waals surface area contributed by atoms with Crippen LogP contribution in [0, 0.1) is 12.3 Å². The van der Waals surface area contributed by atoms with Gasteiger partial charge in [-0.2, -0.15) is 0 Å². The summed E-state index contributed by atoms with van der Waals surface area (Å²) < 4.78 is 0. The molecular weight excluding hydrogens is 270 g/mol. The summed E-state index contributed by atoms with van der Waals surface area (Å²) >= 11 is 0. The molecule has 2 rings (SSSR count). The lowest BCUT2D eigenvalue weighted by Gasteiger charge is -2.20. The molecule has 0 aliphatic carbocycles. The molecule has 0 bridgehead atoms. The largest absolute Gasteiger partial charge is 0.311 e. The Morgan fingerprint density at radius 1 is 1.05 bits per heavy atom. The van der Waals surface area contributed by atoms with E-state index in [1.165, 1.54) is 11.1 Å². The molecule has 0 heterocycles. The lowest BCUT2D eigenvalue weighted by Crippen LogP contribution is -2.26. The molecule has 22 heavy (non-hydrogen) atoms. The van der Waals surface area contributed by atoms with Crippen LogP contribution >= 0.6 is 0 Å². The van der Waals surface area contributed by atoms with Gasteiger partial charge in [0.25, 0.3) is 5.91 Å². The first kappa shape index (κ1) is 16.3. The second kappa shape index (κ2) is 6.35. The van der Waals surface area contributed by atoms with E-state index in [0.717, 1.165) is 17.7 Å². The van der Waals surface area contributed by atoms with Gasteiger partial charge in [0.1, 0.15) is 0 Å². The van der Waals surface area contributed by atoms with E-state index in [-0.39, 0.29) is 11.3 Å². The highest BCUT2D eigenvalue weighted by Crippen LogP contribution is 2.22. The number of anilines is 1. The topological polar surface area (TPSA) is 20.3 Å². The van der Waals surface area contributed by atoms with Crippen molar-refractivity contribution < 1.29 is 4.79 Å². The Labute approximate surface area is 133 Å². The second-order valence-corrected chi connectivity index (χ2v) is 7.14. The molecule has 0 aliphatic rings. The van der Waals surface area contributed by atoms with Crippen LogP contribution in [0.2, 0.25) is 0 Å². The summed E-state index contributed by atoms with van der Waals surface area (Å²) in [5.74, 6) is 0.0274. The molecule has 0 spiro atoms. The molecule has 0 unspecified atom stereocenters. The molecular formula is C20H25NO. The van der Waals surface area contributed by atoms with E-state index in [1.54, 1.807) is 4.90 Å². The molecule has 0 aromatic heterocycles. The minimum Gasteiger partial charge on any atom is -0.311 e. The number of carbonyl (C=O) groups is 1. The number of carbonyl (C=O) groups excluding carboxylic acids is 1. The summed E-state index contributed by atoms with van der Waals surface area (Å²) in [6.45, 7) is 8.67. The molecule has 2 aromatic rings. The van der Waals surface area contributed by atoms with Gasteiger partial charge in [0.2, 0.25) is 0 Å². The van der Waals surface area contributed by atoms with Crippen LogP contribution in [-0.4, -0.2) is 13.0 Å². The quantitative estimate of drug-likeness (QED) is 0.792. The van der Waals surface area contributed by atoms with E-state index in [1.807, 2.05) is 56.4 Å². The summed E-state index contributed by atoms with van der Waals surface area (Å²) in [5, 5.41) is 0. The number of rotatable bonds is 3. The number of aryl methyl sites for hydroxylation is 1. The van der Waals surface area contributed by atoms with Crippen LogP contribution in [-0.2, 0) is 6.42 Å². The minimum atomic E-state index is 0.0274. The van der Waals surface area contributed by atoms with E-state index in [4.69, 9.17) is 0 Å². The molecule has 0 saturated carbocycles. The standard InChI is InChI=1S/C20H25NO/c1-15-9-11-18(12-10-15)21(5)19(22)17-8-6-7-16(13-17)14-20(2,3)4/h6-13H,14H2,1-5H3. The van der Waals surface area contributed by atoms with Gasteiger partial charge in [0, 0.05) is 18.3 Å². The number of hydrogen-bond donors (Lipinski definition) is 0. The van der Waals surface area contributed by atoms with Gasteiger partial charge in [-0.25, -0.2) is 0 Å². The maximum atomic E-state index is 12.7. The molecule has 0 atom stereocenters. The van der Waals surface area contributed by atoms with E-state index < -0.39 is 0 Å². The van der Waals surface area contributed by atoms with Crippen LogP contribution in [0.5, 0.6) is 0 Å². The fourth-order valence-electron chi connectivity index (χ4n) is 2.51. The van der Waals surface area contributed by atoms with Crippen LogP contribution < -0.4 is 4.90 Å². The molecule has 2 heteroatoms. The lowest BCUT2D eigenvalue weighted by molar-refractivity contribution is 0.0993. The highest BCUT2D eigenvalue weighted by Gasteiger charge is 2.16. The van der Waals surface area contributed by atoms with Crippen molar-refractivity contribution in [3.63, 3.8) is 0 Å². The summed E-state index contributed by atoms with van der Waals surface area (Å²) in [6.07, 6.45) is 0.961. The van der Waals surface area contributed by atoms with Gasteiger partial charge in [-0.3, -0.25) is 4.79 Å². The molecule has 0 N–H and O–H groups in total. The first-order valence-electron chi connectivity index (χ1n) is 7.70. The summed E-state index contributed by atoms with van der Waals surface area (Å²) in [4.78, 5) is 14.4. The van der Waals surface area contributed by atoms with Crippen molar-refractivity contribution in [1.29, 1.82) is 0 Å². The fraction of sp³-hybridized carbons (Fsp3) is 0.350. The van der Waals surface area contributed by atoms with Crippen molar-refractivity contribution in [2.45, 2.75) is 34.1 Å². The molecule has 0 saturated heterocycles.